The van der Waals surface area contributed by atoms with Gasteiger partial charge in [0.15, 0.2) is 0 Å². The second kappa shape index (κ2) is 15.5. The molecule has 2 N–H and O–H groups in total. The largest absolute Gasteiger partial charge is 0.396 e. The third-order valence-corrected chi connectivity index (χ3v) is 5.91. The van der Waals surface area contributed by atoms with E-state index in [0.29, 0.717) is 6.61 Å². The van der Waals surface area contributed by atoms with Crippen molar-refractivity contribution in [1.82, 2.24) is 24.9 Å². The van der Waals surface area contributed by atoms with E-state index in [9.17, 15) is 0 Å². The van der Waals surface area contributed by atoms with E-state index in [0.717, 1.165) is 58.9 Å². The average molecular weight is 400 g/mol. The molecular formula is C21H45N5O2. The van der Waals surface area contributed by atoms with Crippen LogP contribution in [0.25, 0.3) is 0 Å². The maximum Gasteiger partial charge on any atom is 0.0594 e. The summed E-state index contributed by atoms with van der Waals surface area (Å²) >= 11 is 0. The Morgan fingerprint density at radius 3 is 1.79 bits per heavy atom. The Morgan fingerprint density at radius 2 is 1.21 bits per heavy atom. The topological polar surface area (TPSA) is 54.5 Å². The van der Waals surface area contributed by atoms with Gasteiger partial charge < -0.3 is 29.9 Å². The third kappa shape index (κ3) is 10.5. The van der Waals surface area contributed by atoms with E-state index in [1.165, 1.54) is 65.2 Å². The van der Waals surface area contributed by atoms with E-state index in [-0.39, 0.29) is 0 Å². The van der Waals surface area contributed by atoms with Crippen LogP contribution in [-0.2, 0) is 4.74 Å². The highest BCUT2D eigenvalue weighted by molar-refractivity contribution is 4.72. The van der Waals surface area contributed by atoms with E-state index < -0.39 is 0 Å². The van der Waals surface area contributed by atoms with Gasteiger partial charge in [-0.15, -0.1) is 0 Å². The molecule has 2 heterocycles. The lowest BCUT2D eigenvalue weighted by molar-refractivity contribution is 0.0765. The lowest BCUT2D eigenvalue weighted by Crippen LogP contribution is -2.47. The van der Waals surface area contributed by atoms with Gasteiger partial charge in [-0.1, -0.05) is 6.92 Å². The van der Waals surface area contributed by atoms with Crippen molar-refractivity contribution in [1.29, 1.82) is 0 Å². The number of rotatable bonds is 15. The molecule has 0 radical (unpaired) electrons. The zero-order chi connectivity index (χ0) is 19.9. The summed E-state index contributed by atoms with van der Waals surface area (Å²) in [5.41, 5.74) is 0. The first kappa shape index (κ1) is 24.0. The van der Waals surface area contributed by atoms with Gasteiger partial charge in [0.1, 0.15) is 0 Å². The summed E-state index contributed by atoms with van der Waals surface area (Å²) < 4.78 is 5.80. The van der Waals surface area contributed by atoms with Gasteiger partial charge in [0.05, 0.1) is 13.2 Å². The summed E-state index contributed by atoms with van der Waals surface area (Å²) in [6.07, 6.45) is 3.37. The van der Waals surface area contributed by atoms with Gasteiger partial charge in [-0.3, -0.25) is 4.90 Å². The van der Waals surface area contributed by atoms with Gasteiger partial charge in [-0.25, -0.2) is 0 Å². The molecule has 7 nitrogen and oxygen atoms in total. The molecule has 0 saturated carbocycles. The van der Waals surface area contributed by atoms with E-state index in [1.807, 2.05) is 0 Å². The van der Waals surface area contributed by atoms with Crippen molar-refractivity contribution in [2.24, 2.45) is 0 Å². The first-order valence-corrected chi connectivity index (χ1v) is 11.6. The Bertz CT molecular complexity index is 359. The molecule has 2 aliphatic rings. The number of piperazine rings is 2. The van der Waals surface area contributed by atoms with Gasteiger partial charge in [0.2, 0.25) is 0 Å². The van der Waals surface area contributed by atoms with Gasteiger partial charge in [0.25, 0.3) is 0 Å². The summed E-state index contributed by atoms with van der Waals surface area (Å²) in [5, 5.41) is 12.4. The van der Waals surface area contributed by atoms with E-state index in [1.54, 1.807) is 0 Å². The Kier molecular flexibility index (Phi) is 13.3. The highest BCUT2D eigenvalue weighted by atomic mass is 16.5. The van der Waals surface area contributed by atoms with Crippen LogP contribution in [0, 0.1) is 0 Å². The molecule has 0 aliphatic carbocycles. The van der Waals surface area contributed by atoms with E-state index >= 15 is 0 Å². The minimum atomic E-state index is 0.311. The molecule has 0 unspecified atom stereocenters. The van der Waals surface area contributed by atoms with Crippen molar-refractivity contribution in [3.63, 3.8) is 0 Å². The molecule has 0 aromatic heterocycles. The van der Waals surface area contributed by atoms with Crippen LogP contribution in [0.3, 0.4) is 0 Å². The molecular weight excluding hydrogens is 354 g/mol. The van der Waals surface area contributed by atoms with Gasteiger partial charge in [-0.05, 0) is 38.9 Å². The van der Waals surface area contributed by atoms with Crippen LogP contribution in [0.4, 0.5) is 0 Å². The van der Waals surface area contributed by atoms with Crippen molar-refractivity contribution >= 4 is 0 Å². The molecule has 7 heteroatoms. The van der Waals surface area contributed by atoms with Crippen LogP contribution in [0.1, 0.15) is 26.2 Å². The maximum atomic E-state index is 8.91. The van der Waals surface area contributed by atoms with Crippen molar-refractivity contribution < 1.29 is 9.84 Å². The van der Waals surface area contributed by atoms with E-state index in [2.05, 4.69) is 31.8 Å². The van der Waals surface area contributed by atoms with Crippen molar-refractivity contribution in [3.8, 4) is 0 Å². The quantitative estimate of drug-likeness (QED) is 0.376. The molecule has 0 amide bonds. The van der Waals surface area contributed by atoms with Crippen molar-refractivity contribution in [2.45, 2.75) is 26.2 Å². The van der Waals surface area contributed by atoms with Crippen LogP contribution in [0.2, 0.25) is 0 Å². The molecule has 0 aromatic carbocycles. The van der Waals surface area contributed by atoms with Gasteiger partial charge >= 0.3 is 0 Å². The number of hydrogen-bond acceptors (Lipinski definition) is 7. The molecule has 0 bridgehead atoms. The Labute approximate surface area is 173 Å². The predicted molar refractivity (Wildman–Crippen MR) is 116 cm³/mol. The monoisotopic (exact) mass is 399 g/mol. The molecule has 2 saturated heterocycles. The second-order valence-corrected chi connectivity index (χ2v) is 8.16. The molecule has 166 valence electrons. The fourth-order valence-corrected chi connectivity index (χ4v) is 4.08. The van der Waals surface area contributed by atoms with Crippen molar-refractivity contribution in [3.05, 3.63) is 0 Å². The van der Waals surface area contributed by atoms with Crippen LogP contribution < -0.4 is 5.32 Å². The lowest BCUT2D eigenvalue weighted by Gasteiger charge is -2.34. The molecule has 0 spiro atoms. The average Bonchev–Trinajstić information content (AvgIpc) is 2.73. The molecule has 0 aromatic rings. The van der Waals surface area contributed by atoms with Crippen LogP contribution >= 0.6 is 0 Å². The van der Waals surface area contributed by atoms with Crippen LogP contribution in [0.15, 0.2) is 0 Å². The number of ether oxygens (including phenoxy) is 1. The lowest BCUT2D eigenvalue weighted by atomic mass is 10.2. The summed E-state index contributed by atoms with van der Waals surface area (Å²) in [5.74, 6) is 0. The standard InChI is InChI=1S/C21H45N5O2/c1-2-7-23-10-16-26(17-11-23)18-21-28-20-6-22-5-3-8-24-12-14-25(15-13-24)9-4-19-27/h22,27H,2-21H2,1H3. The first-order chi connectivity index (χ1) is 13.8. The summed E-state index contributed by atoms with van der Waals surface area (Å²) in [7, 11) is 0. The second-order valence-electron chi connectivity index (χ2n) is 8.16. The number of aliphatic hydroxyl groups excluding tert-OH is 1. The molecule has 28 heavy (non-hydrogen) atoms. The number of nitrogens with zero attached hydrogens (tertiary/aromatic N) is 4. The first-order valence-electron chi connectivity index (χ1n) is 11.6. The molecule has 2 aliphatic heterocycles. The Balaban J connectivity index is 1.32. The maximum absolute atomic E-state index is 8.91. The smallest absolute Gasteiger partial charge is 0.0594 e. The summed E-state index contributed by atoms with van der Waals surface area (Å²) in [6, 6.07) is 0. The van der Waals surface area contributed by atoms with Gasteiger partial charge in [0, 0.05) is 78.6 Å². The summed E-state index contributed by atoms with van der Waals surface area (Å²) in [6.45, 7) is 20.3. The van der Waals surface area contributed by atoms with Gasteiger partial charge in [-0.2, -0.15) is 0 Å². The van der Waals surface area contributed by atoms with Crippen LogP contribution in [-0.4, -0.2) is 136 Å². The molecule has 0 atom stereocenters. The zero-order valence-electron chi connectivity index (χ0n) is 18.3. The van der Waals surface area contributed by atoms with Crippen molar-refractivity contribution in [2.75, 3.05) is 111 Å². The zero-order valence-corrected chi connectivity index (χ0v) is 18.3. The molecule has 2 fully saturated rings. The Hall–Kier alpha value is -0.280. The highest BCUT2D eigenvalue weighted by Gasteiger charge is 2.16. The highest BCUT2D eigenvalue weighted by Crippen LogP contribution is 2.03. The predicted octanol–water partition coefficient (Wildman–Crippen LogP) is 0.0103. The minimum Gasteiger partial charge on any atom is -0.396 e. The summed E-state index contributed by atoms with van der Waals surface area (Å²) in [4.78, 5) is 10.1. The minimum absolute atomic E-state index is 0.311. The number of nitrogens with one attached hydrogen (secondary N) is 1. The van der Waals surface area contributed by atoms with Crippen LogP contribution in [0.5, 0.6) is 0 Å². The number of hydrogen-bond donors (Lipinski definition) is 2. The third-order valence-electron chi connectivity index (χ3n) is 5.91. The molecule has 2 rings (SSSR count). The fourth-order valence-electron chi connectivity index (χ4n) is 4.08. The Morgan fingerprint density at radius 1 is 0.679 bits per heavy atom. The normalized spacial score (nSPS) is 20.8. The SMILES string of the molecule is CCCN1CCN(CCOCCNCCCN2CCN(CCCO)CC2)CC1. The van der Waals surface area contributed by atoms with E-state index in [4.69, 9.17) is 9.84 Å². The number of aliphatic hydroxyl groups is 1. The fraction of sp³-hybridized carbons (Fsp3) is 1.00.